The summed E-state index contributed by atoms with van der Waals surface area (Å²) in [6.45, 7) is 5.00. The third-order valence-electron chi connectivity index (χ3n) is 3.36. The molecule has 0 aliphatic carbocycles. The zero-order chi connectivity index (χ0) is 12.7. The highest BCUT2D eigenvalue weighted by atomic mass is 15.3. The van der Waals surface area contributed by atoms with Crippen LogP contribution < -0.4 is 16.0 Å². The highest BCUT2D eigenvalue weighted by Crippen LogP contribution is 2.26. The minimum atomic E-state index is 0.298. The Hall–Kier alpha value is -1.89. The molecule has 0 bridgehead atoms. The van der Waals surface area contributed by atoms with Crippen molar-refractivity contribution in [3.8, 4) is 0 Å². The molecular weight excluding hydrogens is 230 g/mol. The van der Waals surface area contributed by atoms with Crippen LogP contribution in [0, 0.1) is 0 Å². The van der Waals surface area contributed by atoms with Crippen molar-refractivity contribution in [1.82, 2.24) is 25.1 Å². The molecule has 0 radical (unpaired) electrons. The normalized spacial score (nSPS) is 20.6. The number of aromatic nitrogens is 4. The van der Waals surface area contributed by atoms with Gasteiger partial charge in [0.25, 0.3) is 0 Å². The van der Waals surface area contributed by atoms with Crippen molar-refractivity contribution in [2.45, 2.75) is 13.0 Å². The maximum absolute atomic E-state index is 5.80. The summed E-state index contributed by atoms with van der Waals surface area (Å²) in [5.74, 6) is 1.19. The van der Waals surface area contributed by atoms with Crippen LogP contribution in [-0.4, -0.2) is 45.4 Å². The van der Waals surface area contributed by atoms with Crippen molar-refractivity contribution in [3.05, 3.63) is 6.20 Å². The lowest BCUT2D eigenvalue weighted by Crippen LogP contribution is -2.50. The van der Waals surface area contributed by atoms with E-state index >= 15 is 0 Å². The lowest BCUT2D eigenvalue weighted by Gasteiger charge is -2.35. The van der Waals surface area contributed by atoms with E-state index in [4.69, 9.17) is 5.73 Å². The minimum absolute atomic E-state index is 0.298. The second kappa shape index (κ2) is 4.09. The van der Waals surface area contributed by atoms with Gasteiger partial charge in [0.2, 0.25) is 5.95 Å². The summed E-state index contributed by atoms with van der Waals surface area (Å²) in [5.41, 5.74) is 6.58. The molecule has 7 nitrogen and oxygen atoms in total. The van der Waals surface area contributed by atoms with Crippen LogP contribution in [0.2, 0.25) is 0 Å². The first-order valence-corrected chi connectivity index (χ1v) is 6.09. The van der Waals surface area contributed by atoms with Crippen molar-refractivity contribution < 1.29 is 0 Å². The van der Waals surface area contributed by atoms with Gasteiger partial charge in [-0.05, 0) is 6.92 Å². The van der Waals surface area contributed by atoms with E-state index < -0.39 is 0 Å². The summed E-state index contributed by atoms with van der Waals surface area (Å²) in [4.78, 5) is 10.9. The molecule has 96 valence electrons. The predicted octanol–water partition coefficient (Wildman–Crippen LogP) is -0.256. The monoisotopic (exact) mass is 247 g/mol. The number of fused-ring (bicyclic) bond motifs is 1. The Morgan fingerprint density at radius 3 is 3.06 bits per heavy atom. The molecule has 0 spiro atoms. The second-order valence-corrected chi connectivity index (χ2v) is 4.66. The Morgan fingerprint density at radius 1 is 1.44 bits per heavy atom. The van der Waals surface area contributed by atoms with Gasteiger partial charge in [0.1, 0.15) is 5.82 Å². The average molecular weight is 247 g/mol. The number of piperazine rings is 1. The molecule has 1 saturated heterocycles. The Morgan fingerprint density at radius 2 is 2.28 bits per heavy atom. The molecule has 0 amide bonds. The molecule has 2 aromatic heterocycles. The highest BCUT2D eigenvalue weighted by Gasteiger charge is 2.23. The number of aryl methyl sites for hydroxylation is 1. The molecule has 1 atom stereocenters. The minimum Gasteiger partial charge on any atom is -0.368 e. The first kappa shape index (κ1) is 11.2. The Kier molecular flexibility index (Phi) is 2.55. The Balaban J connectivity index is 2.15. The van der Waals surface area contributed by atoms with Crippen LogP contribution in [0.3, 0.4) is 0 Å². The second-order valence-electron chi connectivity index (χ2n) is 4.66. The highest BCUT2D eigenvalue weighted by molar-refractivity contribution is 5.88. The van der Waals surface area contributed by atoms with Crippen LogP contribution in [0.25, 0.3) is 11.0 Å². The number of nitrogens with two attached hydrogens (primary N) is 1. The van der Waals surface area contributed by atoms with E-state index in [1.807, 2.05) is 7.05 Å². The van der Waals surface area contributed by atoms with Crippen LogP contribution in [0.1, 0.15) is 6.92 Å². The molecule has 1 aliphatic rings. The number of nitrogen functional groups attached to an aromatic ring is 1. The lowest BCUT2D eigenvalue weighted by molar-refractivity contribution is 0.498. The summed E-state index contributed by atoms with van der Waals surface area (Å²) >= 11 is 0. The molecular formula is C11H17N7. The fourth-order valence-electron chi connectivity index (χ4n) is 2.40. The van der Waals surface area contributed by atoms with Gasteiger partial charge in [0.15, 0.2) is 5.65 Å². The molecule has 1 fully saturated rings. The molecule has 18 heavy (non-hydrogen) atoms. The maximum Gasteiger partial charge on any atom is 0.224 e. The fraction of sp³-hybridized carbons (Fsp3) is 0.545. The number of nitrogens with one attached hydrogen (secondary N) is 1. The van der Waals surface area contributed by atoms with Gasteiger partial charge in [0, 0.05) is 32.7 Å². The van der Waals surface area contributed by atoms with Gasteiger partial charge >= 0.3 is 0 Å². The van der Waals surface area contributed by atoms with Gasteiger partial charge in [-0.25, -0.2) is 0 Å². The van der Waals surface area contributed by atoms with E-state index in [0.717, 1.165) is 36.5 Å². The largest absolute Gasteiger partial charge is 0.368 e. The third kappa shape index (κ3) is 1.67. The van der Waals surface area contributed by atoms with Crippen LogP contribution in [0.4, 0.5) is 11.8 Å². The van der Waals surface area contributed by atoms with Gasteiger partial charge in [-0.3, -0.25) is 4.68 Å². The van der Waals surface area contributed by atoms with Gasteiger partial charge in [-0.15, -0.1) is 0 Å². The fourth-order valence-corrected chi connectivity index (χ4v) is 2.40. The topological polar surface area (TPSA) is 84.9 Å². The van der Waals surface area contributed by atoms with Crippen molar-refractivity contribution in [2.75, 3.05) is 30.3 Å². The molecule has 0 unspecified atom stereocenters. The van der Waals surface area contributed by atoms with Gasteiger partial charge in [0.05, 0.1) is 11.6 Å². The smallest absolute Gasteiger partial charge is 0.224 e. The van der Waals surface area contributed by atoms with Crippen molar-refractivity contribution in [1.29, 1.82) is 0 Å². The van der Waals surface area contributed by atoms with Crippen LogP contribution >= 0.6 is 0 Å². The zero-order valence-corrected chi connectivity index (χ0v) is 10.6. The van der Waals surface area contributed by atoms with Crippen LogP contribution in [-0.2, 0) is 7.05 Å². The predicted molar refractivity (Wildman–Crippen MR) is 70.4 cm³/mol. The number of anilines is 2. The summed E-state index contributed by atoms with van der Waals surface area (Å²) in [6.07, 6.45) is 1.80. The third-order valence-corrected chi connectivity index (χ3v) is 3.36. The van der Waals surface area contributed by atoms with Crippen molar-refractivity contribution in [2.24, 2.45) is 7.05 Å². The van der Waals surface area contributed by atoms with E-state index in [0.29, 0.717) is 12.0 Å². The molecule has 0 saturated carbocycles. The average Bonchev–Trinajstić information content (AvgIpc) is 2.71. The van der Waals surface area contributed by atoms with E-state index in [1.54, 1.807) is 10.9 Å². The molecule has 3 rings (SSSR count). The molecule has 2 aromatic rings. The van der Waals surface area contributed by atoms with E-state index in [2.05, 4.69) is 32.2 Å². The standard InChI is InChI=1S/C11H17N7/c1-7-5-13-3-4-18(7)10-8-6-14-17(2)9(8)15-11(12)16-10/h6-7,13H,3-5H2,1-2H3,(H2,12,15,16)/t7-/m0/s1. The summed E-state index contributed by atoms with van der Waals surface area (Å²) in [7, 11) is 1.86. The van der Waals surface area contributed by atoms with E-state index in [1.165, 1.54) is 0 Å². The van der Waals surface area contributed by atoms with Crippen molar-refractivity contribution in [3.63, 3.8) is 0 Å². The number of nitrogens with zero attached hydrogens (tertiary/aromatic N) is 5. The van der Waals surface area contributed by atoms with Gasteiger partial charge < -0.3 is 16.0 Å². The van der Waals surface area contributed by atoms with E-state index in [-0.39, 0.29) is 0 Å². The summed E-state index contributed by atoms with van der Waals surface area (Å²) in [5, 5.41) is 8.56. The van der Waals surface area contributed by atoms with Crippen LogP contribution in [0.15, 0.2) is 6.20 Å². The first-order chi connectivity index (χ1) is 8.66. The molecule has 3 N–H and O–H groups in total. The number of rotatable bonds is 1. The number of hydrogen-bond donors (Lipinski definition) is 2. The quantitative estimate of drug-likeness (QED) is 0.722. The first-order valence-electron chi connectivity index (χ1n) is 6.09. The molecule has 3 heterocycles. The molecule has 1 aliphatic heterocycles. The molecule has 0 aromatic carbocycles. The zero-order valence-electron chi connectivity index (χ0n) is 10.6. The lowest BCUT2D eigenvalue weighted by atomic mass is 10.2. The molecule has 7 heteroatoms. The maximum atomic E-state index is 5.80. The number of hydrogen-bond acceptors (Lipinski definition) is 6. The van der Waals surface area contributed by atoms with Crippen LogP contribution in [0.5, 0.6) is 0 Å². The Labute approximate surface area is 105 Å². The summed E-state index contributed by atoms with van der Waals surface area (Å²) in [6, 6.07) is 0.386. The van der Waals surface area contributed by atoms with Gasteiger partial charge in [-0.1, -0.05) is 0 Å². The van der Waals surface area contributed by atoms with Crippen molar-refractivity contribution >= 4 is 22.8 Å². The van der Waals surface area contributed by atoms with E-state index in [9.17, 15) is 0 Å². The van der Waals surface area contributed by atoms with Gasteiger partial charge in [-0.2, -0.15) is 15.1 Å². The summed E-state index contributed by atoms with van der Waals surface area (Å²) < 4.78 is 1.73. The Bertz CT molecular complexity index is 576. The SMILES string of the molecule is C[C@H]1CNCCN1c1nc(N)nc2c1cnn2C.